The number of nitrogens with one attached hydrogen (secondary N) is 1. The number of carbonyl (C=O) groups excluding carboxylic acids is 2. The summed E-state index contributed by atoms with van der Waals surface area (Å²) in [7, 11) is -8.02. The molecule has 0 aliphatic carbocycles. The van der Waals surface area contributed by atoms with Crippen LogP contribution < -0.4 is 9.03 Å². The molecule has 2 amide bonds. The summed E-state index contributed by atoms with van der Waals surface area (Å²) < 4.78 is 150. The van der Waals surface area contributed by atoms with E-state index in [-0.39, 0.29) is 71.2 Å². The van der Waals surface area contributed by atoms with E-state index in [0.717, 1.165) is 30.3 Å². The lowest BCUT2D eigenvalue weighted by molar-refractivity contribution is -0.138. The smallest absolute Gasteiger partial charge is 0.377 e. The number of hydrogen-bond acceptors (Lipinski definition) is 11. The van der Waals surface area contributed by atoms with Crippen LogP contribution in [0.2, 0.25) is 20.1 Å². The van der Waals surface area contributed by atoms with E-state index < -0.39 is 81.9 Å². The first kappa shape index (κ1) is 51.8. The second-order valence-electron chi connectivity index (χ2n) is 14.1. The first-order valence-electron chi connectivity index (χ1n) is 18.6. The standard InChI is InChI=1S/C20H20Cl2F3N3O5S.C18H16Cl2F3N3O4S/c1-12-10-33-6-5-27(12)19(29)18-17(7-13(21)9-26-18)28(11-32-2)34(30,31)14-3-4-16(22)15(8-14)20(23,24)25;1-10-9-30-5-4-26(10)17(27)16-15(6-11(19)8-24-16)25-31(28,29)12-2-3-14(20)13(7-12)18(21,22)23/h3-4,7-9,12H,5-6,10-11H2,1-2H3;2-3,6-8,10,25H,4-5,9H2,1H3. The molecular formula is C38H36Cl4F6N6O9S2. The summed E-state index contributed by atoms with van der Waals surface area (Å²) in [5, 5.41) is -1.28. The van der Waals surface area contributed by atoms with Crippen LogP contribution in [0.4, 0.5) is 37.7 Å². The third-order valence-corrected chi connectivity index (χ3v) is 13.7. The molecule has 1 N–H and O–H groups in total. The van der Waals surface area contributed by atoms with E-state index >= 15 is 0 Å². The fourth-order valence-corrected chi connectivity index (χ4v) is 9.53. The second kappa shape index (κ2) is 20.8. The average molecular weight is 1040 g/mol. The van der Waals surface area contributed by atoms with Crippen LogP contribution in [0, 0.1) is 0 Å². The highest BCUT2D eigenvalue weighted by molar-refractivity contribution is 7.93. The predicted octanol–water partition coefficient (Wildman–Crippen LogP) is 8.14. The summed E-state index contributed by atoms with van der Waals surface area (Å²) in [5.74, 6) is -1.16. The number of ether oxygens (including phenoxy) is 3. The molecule has 27 heteroatoms. The van der Waals surface area contributed by atoms with Gasteiger partial charge in [-0.1, -0.05) is 46.4 Å². The zero-order valence-electron chi connectivity index (χ0n) is 33.9. The maximum absolute atomic E-state index is 13.5. The molecule has 2 aliphatic heterocycles. The van der Waals surface area contributed by atoms with Gasteiger partial charge >= 0.3 is 12.4 Å². The van der Waals surface area contributed by atoms with Crippen LogP contribution in [0.15, 0.2) is 70.7 Å². The summed E-state index contributed by atoms with van der Waals surface area (Å²) in [6.45, 7) is 4.54. The van der Waals surface area contributed by atoms with E-state index in [1.54, 1.807) is 13.8 Å². The van der Waals surface area contributed by atoms with Crippen LogP contribution >= 0.6 is 46.4 Å². The van der Waals surface area contributed by atoms with Crippen LogP contribution in [0.5, 0.6) is 0 Å². The number of anilines is 2. The molecule has 0 bridgehead atoms. The first-order chi connectivity index (χ1) is 30.3. The number of carbonyl (C=O) groups is 2. The lowest BCUT2D eigenvalue weighted by atomic mass is 10.2. The van der Waals surface area contributed by atoms with E-state index in [2.05, 4.69) is 14.7 Å². The monoisotopic (exact) mass is 1040 g/mol. The Balaban J connectivity index is 0.000000245. The van der Waals surface area contributed by atoms with Gasteiger partial charge in [0.25, 0.3) is 31.9 Å². The Bertz CT molecular complexity index is 2650. The number of amides is 2. The Morgan fingerprint density at radius 3 is 1.71 bits per heavy atom. The van der Waals surface area contributed by atoms with Crippen molar-refractivity contribution in [3.8, 4) is 0 Å². The molecule has 2 aliphatic rings. The van der Waals surface area contributed by atoms with Crippen molar-refractivity contribution >= 4 is 89.6 Å². The number of nitrogens with zero attached hydrogens (tertiary/aromatic N) is 5. The number of benzene rings is 2. The molecule has 4 heterocycles. The van der Waals surface area contributed by atoms with Crippen LogP contribution in [0.1, 0.15) is 46.0 Å². The molecule has 0 radical (unpaired) electrons. The van der Waals surface area contributed by atoms with E-state index in [1.807, 2.05) is 0 Å². The van der Waals surface area contributed by atoms with Crippen molar-refractivity contribution in [3.05, 3.63) is 104 Å². The minimum atomic E-state index is -4.89. The Kier molecular flexibility index (Phi) is 16.5. The molecule has 2 saturated heterocycles. The predicted molar refractivity (Wildman–Crippen MR) is 226 cm³/mol. The Morgan fingerprint density at radius 2 is 1.22 bits per heavy atom. The molecule has 2 fully saturated rings. The molecule has 65 heavy (non-hydrogen) atoms. The third-order valence-electron chi connectivity index (χ3n) is 9.49. The van der Waals surface area contributed by atoms with Gasteiger partial charge in [0.15, 0.2) is 11.4 Å². The number of rotatable bonds is 10. The third kappa shape index (κ3) is 12.2. The molecule has 4 aromatic rings. The highest BCUT2D eigenvalue weighted by Gasteiger charge is 2.38. The lowest BCUT2D eigenvalue weighted by Crippen LogP contribution is -2.48. The second-order valence-corrected chi connectivity index (χ2v) is 19.3. The summed E-state index contributed by atoms with van der Waals surface area (Å²) in [5.41, 5.74) is -3.65. The highest BCUT2D eigenvalue weighted by Crippen LogP contribution is 2.39. The van der Waals surface area contributed by atoms with Crippen molar-refractivity contribution in [2.45, 2.75) is 48.1 Å². The molecule has 2 aromatic carbocycles. The van der Waals surface area contributed by atoms with Gasteiger partial charge in [-0.15, -0.1) is 0 Å². The number of hydrogen-bond donors (Lipinski definition) is 1. The summed E-state index contributed by atoms with van der Waals surface area (Å²) >= 11 is 23.1. The molecule has 2 aromatic heterocycles. The van der Waals surface area contributed by atoms with E-state index in [0.29, 0.717) is 29.7 Å². The van der Waals surface area contributed by atoms with Gasteiger partial charge in [-0.3, -0.25) is 14.3 Å². The van der Waals surface area contributed by atoms with E-state index in [1.165, 1.54) is 35.4 Å². The van der Waals surface area contributed by atoms with Crippen LogP contribution in [0.25, 0.3) is 0 Å². The Morgan fingerprint density at radius 1 is 0.754 bits per heavy atom. The normalized spacial score (nSPS) is 17.2. The van der Waals surface area contributed by atoms with Gasteiger partial charge in [-0.2, -0.15) is 26.3 Å². The Hall–Kier alpha value is -4.20. The van der Waals surface area contributed by atoms with Gasteiger partial charge in [-0.05, 0) is 62.4 Å². The van der Waals surface area contributed by atoms with Gasteiger partial charge in [0.2, 0.25) is 0 Å². The summed E-state index contributed by atoms with van der Waals surface area (Å²) in [4.78, 5) is 35.7. The van der Waals surface area contributed by atoms with E-state index in [9.17, 15) is 52.8 Å². The summed E-state index contributed by atoms with van der Waals surface area (Å²) in [6, 6.07) is 6.09. The van der Waals surface area contributed by atoms with Crippen LogP contribution in [-0.2, 0) is 46.6 Å². The van der Waals surface area contributed by atoms with E-state index in [4.69, 9.17) is 60.6 Å². The average Bonchev–Trinajstić information content (AvgIpc) is 3.22. The molecule has 0 saturated carbocycles. The van der Waals surface area contributed by atoms with Crippen LogP contribution in [0.3, 0.4) is 0 Å². The topological polar surface area (TPSA) is 178 Å². The number of methoxy groups -OCH3 is 1. The van der Waals surface area contributed by atoms with Gasteiger partial charge in [0.1, 0.15) is 6.73 Å². The van der Waals surface area contributed by atoms with Crippen molar-refractivity contribution in [1.82, 2.24) is 19.8 Å². The minimum absolute atomic E-state index is 0.00460. The van der Waals surface area contributed by atoms with Gasteiger partial charge in [0, 0.05) is 32.6 Å². The molecule has 2 unspecified atom stereocenters. The number of morpholine rings is 2. The molecular weight excluding hydrogens is 1000 g/mol. The number of halogens is 10. The largest absolute Gasteiger partial charge is 0.417 e. The van der Waals surface area contributed by atoms with Crippen molar-refractivity contribution in [2.24, 2.45) is 0 Å². The first-order valence-corrected chi connectivity index (χ1v) is 23.1. The van der Waals surface area contributed by atoms with Crippen LogP contribution in [-0.4, -0.2) is 114 Å². The van der Waals surface area contributed by atoms with Gasteiger partial charge in [0.05, 0.1) is 90.9 Å². The molecule has 6 rings (SSSR count). The van der Waals surface area contributed by atoms with Gasteiger partial charge in [-0.25, -0.2) is 31.1 Å². The fourth-order valence-electron chi connectivity index (χ4n) is 6.29. The lowest BCUT2D eigenvalue weighted by Gasteiger charge is -2.34. The van der Waals surface area contributed by atoms with Crippen molar-refractivity contribution < 1.29 is 67.0 Å². The molecule has 354 valence electrons. The Labute approximate surface area is 388 Å². The SMILES string of the molecule is CC1COCCN1C(=O)c1ncc(Cl)cc1NS(=O)(=O)c1ccc(Cl)c(C(F)(F)F)c1.COCN(c1cc(Cl)cnc1C(=O)N1CCOCC1C)S(=O)(=O)c1ccc(Cl)c(C(F)(F)F)c1. The quantitative estimate of drug-likeness (QED) is 0.120. The highest BCUT2D eigenvalue weighted by atomic mass is 35.5. The zero-order valence-corrected chi connectivity index (χ0v) is 38.5. The maximum Gasteiger partial charge on any atom is 0.417 e. The van der Waals surface area contributed by atoms with Crippen molar-refractivity contribution in [1.29, 1.82) is 0 Å². The zero-order chi connectivity index (χ0) is 48.2. The number of alkyl halides is 6. The molecule has 15 nitrogen and oxygen atoms in total. The maximum atomic E-state index is 13.5. The fraction of sp³-hybridized carbons (Fsp3) is 0.368. The minimum Gasteiger partial charge on any atom is -0.377 e. The van der Waals surface area contributed by atoms with Gasteiger partial charge < -0.3 is 24.0 Å². The summed E-state index contributed by atoms with van der Waals surface area (Å²) in [6.07, 6.45) is -7.40. The number of sulfonamides is 2. The number of aromatic nitrogens is 2. The molecule has 2 atom stereocenters. The van der Waals surface area contributed by atoms with Crippen molar-refractivity contribution in [3.63, 3.8) is 0 Å². The number of pyridine rings is 2. The van der Waals surface area contributed by atoms with Crippen molar-refractivity contribution in [2.75, 3.05) is 62.4 Å². The molecule has 0 spiro atoms.